The molecule has 5 heteroatoms. The second-order valence-corrected chi connectivity index (χ2v) is 7.90. The quantitative estimate of drug-likeness (QED) is 0.763. The summed E-state index contributed by atoms with van der Waals surface area (Å²) in [5, 5.41) is 3.18. The number of hydrogen-bond donors (Lipinski definition) is 1. The molecule has 1 unspecified atom stereocenters. The molecule has 0 aliphatic carbocycles. The Labute approximate surface area is 99.3 Å². The number of hydrogen-bond acceptors (Lipinski definition) is 4. The number of rotatable bonds is 5. The number of sulfone groups is 1. The monoisotopic (exact) mass is 248 g/mol. The highest BCUT2D eigenvalue weighted by atomic mass is 32.2. The Kier molecular flexibility index (Phi) is 4.37. The Morgan fingerprint density at radius 2 is 2.06 bits per heavy atom. The van der Waals surface area contributed by atoms with Crippen molar-refractivity contribution < 1.29 is 8.42 Å². The SMILES string of the molecule is CNCC(C)(C)CN(C)C1CCS(=O)(=O)C1. The highest BCUT2D eigenvalue weighted by Gasteiger charge is 2.32. The van der Waals surface area contributed by atoms with Gasteiger partial charge in [-0.05, 0) is 25.9 Å². The van der Waals surface area contributed by atoms with Gasteiger partial charge in [0.1, 0.15) is 0 Å². The van der Waals surface area contributed by atoms with E-state index in [1.807, 2.05) is 14.1 Å². The first-order valence-electron chi connectivity index (χ1n) is 5.81. The van der Waals surface area contributed by atoms with Crippen LogP contribution in [0.5, 0.6) is 0 Å². The summed E-state index contributed by atoms with van der Waals surface area (Å²) < 4.78 is 22.8. The Balaban J connectivity index is 2.50. The van der Waals surface area contributed by atoms with Crippen molar-refractivity contribution >= 4 is 9.84 Å². The van der Waals surface area contributed by atoms with Crippen molar-refractivity contribution in [2.75, 3.05) is 38.7 Å². The first kappa shape index (κ1) is 13.9. The summed E-state index contributed by atoms with van der Waals surface area (Å²) in [7, 11) is 1.21. The van der Waals surface area contributed by atoms with Gasteiger partial charge >= 0.3 is 0 Å². The van der Waals surface area contributed by atoms with E-state index in [-0.39, 0.29) is 11.5 Å². The normalized spacial score (nSPS) is 25.2. The summed E-state index contributed by atoms with van der Waals surface area (Å²) in [6.07, 6.45) is 0.786. The maximum Gasteiger partial charge on any atom is 0.151 e. The Morgan fingerprint density at radius 1 is 1.44 bits per heavy atom. The van der Waals surface area contributed by atoms with E-state index in [1.54, 1.807) is 0 Å². The maximum absolute atomic E-state index is 11.4. The van der Waals surface area contributed by atoms with Crippen molar-refractivity contribution in [2.45, 2.75) is 26.3 Å². The van der Waals surface area contributed by atoms with Crippen LogP contribution < -0.4 is 5.32 Å². The molecule has 96 valence electrons. The third kappa shape index (κ3) is 4.03. The molecule has 4 nitrogen and oxygen atoms in total. The molecule has 1 atom stereocenters. The zero-order chi connectivity index (χ0) is 12.4. The van der Waals surface area contributed by atoms with Gasteiger partial charge in [-0.15, -0.1) is 0 Å². The lowest BCUT2D eigenvalue weighted by Gasteiger charge is -2.33. The lowest BCUT2D eigenvalue weighted by Crippen LogP contribution is -2.43. The van der Waals surface area contributed by atoms with Crippen LogP contribution in [0.1, 0.15) is 20.3 Å². The molecule has 1 aliphatic heterocycles. The average Bonchev–Trinajstić information content (AvgIpc) is 2.45. The van der Waals surface area contributed by atoms with E-state index < -0.39 is 9.84 Å². The smallest absolute Gasteiger partial charge is 0.151 e. The van der Waals surface area contributed by atoms with Crippen molar-refractivity contribution in [3.05, 3.63) is 0 Å². The van der Waals surface area contributed by atoms with Crippen molar-refractivity contribution in [1.82, 2.24) is 10.2 Å². The molecule has 1 heterocycles. The molecule has 1 rings (SSSR count). The molecule has 0 aromatic heterocycles. The molecule has 0 radical (unpaired) electrons. The standard InChI is InChI=1S/C11H24N2O2S/c1-11(2,8-12-3)9-13(4)10-5-6-16(14,15)7-10/h10,12H,5-9H2,1-4H3. The van der Waals surface area contributed by atoms with Crippen LogP contribution in [0, 0.1) is 5.41 Å². The average molecular weight is 248 g/mol. The minimum absolute atomic E-state index is 0.176. The van der Waals surface area contributed by atoms with Crippen LogP contribution in [0.2, 0.25) is 0 Å². The maximum atomic E-state index is 11.4. The second kappa shape index (κ2) is 5.02. The summed E-state index contributed by atoms with van der Waals surface area (Å²) >= 11 is 0. The molecule has 1 fully saturated rings. The Bertz CT molecular complexity index is 325. The van der Waals surface area contributed by atoms with Gasteiger partial charge in [0.25, 0.3) is 0 Å². The van der Waals surface area contributed by atoms with E-state index >= 15 is 0 Å². The van der Waals surface area contributed by atoms with Crippen LogP contribution in [-0.4, -0.2) is 58.1 Å². The molecule has 0 amide bonds. The molecule has 1 saturated heterocycles. The summed E-state index contributed by atoms with van der Waals surface area (Å²) in [4.78, 5) is 2.20. The van der Waals surface area contributed by atoms with Crippen LogP contribution in [0.15, 0.2) is 0 Å². The topological polar surface area (TPSA) is 49.4 Å². The second-order valence-electron chi connectivity index (χ2n) is 5.67. The van der Waals surface area contributed by atoms with Crippen molar-refractivity contribution in [2.24, 2.45) is 5.41 Å². The summed E-state index contributed by atoms with van der Waals surface area (Å²) in [5.41, 5.74) is 0.176. The van der Waals surface area contributed by atoms with Gasteiger partial charge in [-0.2, -0.15) is 0 Å². The molecule has 1 aliphatic rings. The van der Waals surface area contributed by atoms with Gasteiger partial charge in [0.2, 0.25) is 0 Å². The van der Waals surface area contributed by atoms with Crippen LogP contribution in [0.4, 0.5) is 0 Å². The van der Waals surface area contributed by atoms with Gasteiger partial charge < -0.3 is 10.2 Å². The molecule has 0 saturated carbocycles. The van der Waals surface area contributed by atoms with Gasteiger partial charge in [-0.25, -0.2) is 8.42 Å². The molecule has 0 bridgehead atoms. The fourth-order valence-corrected chi connectivity index (χ4v) is 4.27. The lowest BCUT2D eigenvalue weighted by molar-refractivity contribution is 0.170. The van der Waals surface area contributed by atoms with Crippen LogP contribution in [0.3, 0.4) is 0 Å². The van der Waals surface area contributed by atoms with Crippen molar-refractivity contribution in [3.63, 3.8) is 0 Å². The van der Waals surface area contributed by atoms with E-state index in [0.29, 0.717) is 11.5 Å². The van der Waals surface area contributed by atoms with E-state index in [4.69, 9.17) is 0 Å². The number of nitrogens with one attached hydrogen (secondary N) is 1. The van der Waals surface area contributed by atoms with E-state index in [2.05, 4.69) is 24.1 Å². The molecule has 0 spiro atoms. The largest absolute Gasteiger partial charge is 0.319 e. The van der Waals surface area contributed by atoms with Crippen LogP contribution >= 0.6 is 0 Å². The molecule has 0 aromatic carbocycles. The summed E-state index contributed by atoms with van der Waals surface area (Å²) in [6.45, 7) is 6.26. The van der Waals surface area contributed by atoms with Gasteiger partial charge in [-0.1, -0.05) is 13.8 Å². The van der Waals surface area contributed by atoms with Crippen LogP contribution in [-0.2, 0) is 9.84 Å². The van der Waals surface area contributed by atoms with E-state index in [9.17, 15) is 8.42 Å². The molecular formula is C11H24N2O2S. The van der Waals surface area contributed by atoms with Crippen molar-refractivity contribution in [1.29, 1.82) is 0 Å². The fraction of sp³-hybridized carbons (Fsp3) is 1.00. The first-order valence-corrected chi connectivity index (χ1v) is 7.63. The van der Waals surface area contributed by atoms with Gasteiger partial charge in [0, 0.05) is 19.1 Å². The molecule has 16 heavy (non-hydrogen) atoms. The predicted molar refractivity (Wildman–Crippen MR) is 67.4 cm³/mol. The number of nitrogens with zero attached hydrogens (tertiary/aromatic N) is 1. The molecule has 1 N–H and O–H groups in total. The highest BCUT2D eigenvalue weighted by molar-refractivity contribution is 7.91. The summed E-state index contributed by atoms with van der Waals surface area (Å²) in [6, 6.07) is 0.209. The molecule has 0 aromatic rings. The summed E-state index contributed by atoms with van der Waals surface area (Å²) in [5.74, 6) is 0.688. The Hall–Kier alpha value is -0.130. The molecular weight excluding hydrogens is 224 g/mol. The third-order valence-corrected chi connectivity index (χ3v) is 4.91. The predicted octanol–water partition coefficient (Wildman–Crippen LogP) is 0.351. The first-order chi connectivity index (χ1) is 7.26. The van der Waals surface area contributed by atoms with E-state index in [1.165, 1.54) is 0 Å². The fourth-order valence-electron chi connectivity index (χ4n) is 2.46. The lowest BCUT2D eigenvalue weighted by atomic mass is 9.92. The zero-order valence-electron chi connectivity index (χ0n) is 10.8. The zero-order valence-corrected chi connectivity index (χ0v) is 11.6. The van der Waals surface area contributed by atoms with Gasteiger partial charge in [-0.3, -0.25) is 0 Å². The van der Waals surface area contributed by atoms with Gasteiger partial charge in [0.15, 0.2) is 9.84 Å². The third-order valence-electron chi connectivity index (χ3n) is 3.16. The van der Waals surface area contributed by atoms with Crippen LogP contribution in [0.25, 0.3) is 0 Å². The minimum Gasteiger partial charge on any atom is -0.319 e. The highest BCUT2D eigenvalue weighted by Crippen LogP contribution is 2.21. The van der Waals surface area contributed by atoms with Gasteiger partial charge in [0.05, 0.1) is 11.5 Å². The minimum atomic E-state index is -2.77. The Morgan fingerprint density at radius 3 is 2.50 bits per heavy atom. The van der Waals surface area contributed by atoms with E-state index in [0.717, 1.165) is 19.5 Å². The van der Waals surface area contributed by atoms with Crippen molar-refractivity contribution in [3.8, 4) is 0 Å².